The smallest absolute Gasteiger partial charge is 0.123 e. The van der Waals surface area contributed by atoms with Crippen molar-refractivity contribution in [2.45, 2.75) is 33.2 Å². The number of hydrogen-bond acceptors (Lipinski definition) is 3. The SMILES string of the molecule is CNCc1ccccc1OCCOc1cc(C)ccc1C(C)C. The molecule has 0 fully saturated rings. The number of rotatable bonds is 8. The van der Waals surface area contributed by atoms with Crippen LogP contribution in [-0.4, -0.2) is 20.3 Å². The summed E-state index contributed by atoms with van der Waals surface area (Å²) in [6, 6.07) is 14.5. The van der Waals surface area contributed by atoms with E-state index in [1.54, 1.807) is 0 Å². The van der Waals surface area contributed by atoms with Crippen LogP contribution in [0.15, 0.2) is 42.5 Å². The van der Waals surface area contributed by atoms with E-state index in [0.29, 0.717) is 19.1 Å². The van der Waals surface area contributed by atoms with E-state index >= 15 is 0 Å². The molecule has 2 aromatic rings. The molecule has 0 saturated heterocycles. The molecule has 2 rings (SSSR count). The zero-order valence-electron chi connectivity index (χ0n) is 14.6. The van der Waals surface area contributed by atoms with Gasteiger partial charge in [-0.15, -0.1) is 0 Å². The first-order chi connectivity index (χ1) is 11.1. The fourth-order valence-corrected chi connectivity index (χ4v) is 2.53. The van der Waals surface area contributed by atoms with Gasteiger partial charge in [-0.25, -0.2) is 0 Å². The third kappa shape index (κ3) is 5.00. The monoisotopic (exact) mass is 313 g/mol. The molecular weight excluding hydrogens is 286 g/mol. The third-order valence-electron chi connectivity index (χ3n) is 3.73. The molecule has 0 aliphatic carbocycles. The van der Waals surface area contributed by atoms with Crippen molar-refractivity contribution in [1.29, 1.82) is 0 Å². The summed E-state index contributed by atoms with van der Waals surface area (Å²) < 4.78 is 11.8. The molecule has 124 valence electrons. The van der Waals surface area contributed by atoms with Crippen LogP contribution in [0.1, 0.15) is 36.5 Å². The van der Waals surface area contributed by atoms with Crippen molar-refractivity contribution in [1.82, 2.24) is 5.32 Å². The van der Waals surface area contributed by atoms with Crippen LogP contribution in [-0.2, 0) is 6.54 Å². The third-order valence-corrected chi connectivity index (χ3v) is 3.73. The predicted molar refractivity (Wildman–Crippen MR) is 95.5 cm³/mol. The van der Waals surface area contributed by atoms with Crippen molar-refractivity contribution >= 4 is 0 Å². The maximum Gasteiger partial charge on any atom is 0.123 e. The van der Waals surface area contributed by atoms with Crippen LogP contribution in [0.25, 0.3) is 0 Å². The van der Waals surface area contributed by atoms with Gasteiger partial charge in [0.05, 0.1) is 0 Å². The van der Waals surface area contributed by atoms with Gasteiger partial charge in [-0.05, 0) is 43.1 Å². The van der Waals surface area contributed by atoms with E-state index in [-0.39, 0.29) is 0 Å². The van der Waals surface area contributed by atoms with E-state index < -0.39 is 0 Å². The number of nitrogens with one attached hydrogen (secondary N) is 1. The quantitative estimate of drug-likeness (QED) is 0.737. The molecular formula is C20H27NO2. The fraction of sp³-hybridized carbons (Fsp3) is 0.400. The minimum absolute atomic E-state index is 0.447. The molecule has 0 aliphatic heterocycles. The summed E-state index contributed by atoms with van der Waals surface area (Å²) in [6.45, 7) is 8.32. The van der Waals surface area contributed by atoms with Crippen LogP contribution in [0.3, 0.4) is 0 Å². The summed E-state index contributed by atoms with van der Waals surface area (Å²) in [4.78, 5) is 0. The van der Waals surface area contributed by atoms with Crippen molar-refractivity contribution in [3.8, 4) is 11.5 Å². The molecule has 1 N–H and O–H groups in total. The second kappa shape index (κ2) is 8.59. The second-order valence-electron chi connectivity index (χ2n) is 6.03. The Labute approximate surface area is 139 Å². The normalized spacial score (nSPS) is 10.8. The number of ether oxygens (including phenoxy) is 2. The maximum atomic E-state index is 5.96. The second-order valence-corrected chi connectivity index (χ2v) is 6.03. The average molecular weight is 313 g/mol. The minimum Gasteiger partial charge on any atom is -0.490 e. The highest BCUT2D eigenvalue weighted by Crippen LogP contribution is 2.27. The summed E-state index contributed by atoms with van der Waals surface area (Å²) in [5.74, 6) is 2.33. The average Bonchev–Trinajstić information content (AvgIpc) is 2.53. The number of aryl methyl sites for hydroxylation is 1. The van der Waals surface area contributed by atoms with E-state index in [4.69, 9.17) is 9.47 Å². The zero-order valence-corrected chi connectivity index (χ0v) is 14.6. The van der Waals surface area contributed by atoms with Crippen molar-refractivity contribution in [3.63, 3.8) is 0 Å². The highest BCUT2D eigenvalue weighted by molar-refractivity contribution is 5.39. The zero-order chi connectivity index (χ0) is 16.7. The van der Waals surface area contributed by atoms with Crippen molar-refractivity contribution < 1.29 is 9.47 Å². The minimum atomic E-state index is 0.447. The van der Waals surface area contributed by atoms with Gasteiger partial charge in [0.15, 0.2) is 0 Å². The first-order valence-corrected chi connectivity index (χ1v) is 8.20. The standard InChI is InChI=1S/C20H27NO2/c1-15(2)18-10-9-16(3)13-20(18)23-12-11-22-19-8-6-5-7-17(19)14-21-4/h5-10,13,15,21H,11-12,14H2,1-4H3. The molecule has 0 atom stereocenters. The Morgan fingerprint density at radius 3 is 2.35 bits per heavy atom. The molecule has 0 aromatic heterocycles. The van der Waals surface area contributed by atoms with Gasteiger partial charge >= 0.3 is 0 Å². The lowest BCUT2D eigenvalue weighted by molar-refractivity contribution is 0.214. The molecule has 0 bridgehead atoms. The van der Waals surface area contributed by atoms with Crippen LogP contribution in [0.5, 0.6) is 11.5 Å². The van der Waals surface area contributed by atoms with Crippen molar-refractivity contribution in [2.75, 3.05) is 20.3 Å². The van der Waals surface area contributed by atoms with Crippen LogP contribution in [0.4, 0.5) is 0 Å². The molecule has 2 aromatic carbocycles. The van der Waals surface area contributed by atoms with Gasteiger partial charge in [0, 0.05) is 12.1 Å². The largest absolute Gasteiger partial charge is 0.490 e. The lowest BCUT2D eigenvalue weighted by Crippen LogP contribution is -2.13. The molecule has 0 amide bonds. The van der Waals surface area contributed by atoms with Gasteiger partial charge in [-0.3, -0.25) is 0 Å². The Morgan fingerprint density at radius 2 is 1.65 bits per heavy atom. The Bertz CT molecular complexity index is 623. The molecule has 23 heavy (non-hydrogen) atoms. The summed E-state index contributed by atoms with van der Waals surface area (Å²) in [5, 5.41) is 3.16. The number of benzene rings is 2. The van der Waals surface area contributed by atoms with Gasteiger partial charge in [0.2, 0.25) is 0 Å². The predicted octanol–water partition coefficient (Wildman–Crippen LogP) is 4.30. The van der Waals surface area contributed by atoms with E-state index in [9.17, 15) is 0 Å². The number of hydrogen-bond donors (Lipinski definition) is 1. The van der Waals surface area contributed by atoms with Gasteiger partial charge in [-0.2, -0.15) is 0 Å². The van der Waals surface area contributed by atoms with E-state index in [1.807, 2.05) is 25.2 Å². The molecule has 0 radical (unpaired) electrons. The lowest BCUT2D eigenvalue weighted by Gasteiger charge is -2.16. The maximum absolute atomic E-state index is 5.96. The van der Waals surface area contributed by atoms with Crippen LogP contribution < -0.4 is 14.8 Å². The van der Waals surface area contributed by atoms with E-state index in [0.717, 1.165) is 23.6 Å². The Kier molecular flexibility index (Phi) is 6.48. The fourth-order valence-electron chi connectivity index (χ4n) is 2.53. The first-order valence-electron chi connectivity index (χ1n) is 8.20. The topological polar surface area (TPSA) is 30.5 Å². The van der Waals surface area contributed by atoms with Crippen LogP contribution >= 0.6 is 0 Å². The van der Waals surface area contributed by atoms with E-state index in [2.05, 4.69) is 50.4 Å². The molecule has 0 spiro atoms. The van der Waals surface area contributed by atoms with E-state index in [1.165, 1.54) is 11.1 Å². The lowest BCUT2D eigenvalue weighted by atomic mass is 10.0. The first kappa shape index (κ1) is 17.4. The molecule has 0 saturated carbocycles. The Balaban J connectivity index is 1.92. The molecule has 0 heterocycles. The summed E-state index contributed by atoms with van der Waals surface area (Å²) in [6.07, 6.45) is 0. The highest BCUT2D eigenvalue weighted by Gasteiger charge is 2.08. The summed E-state index contributed by atoms with van der Waals surface area (Å²) in [5.41, 5.74) is 3.62. The Hall–Kier alpha value is -2.00. The van der Waals surface area contributed by atoms with Gasteiger partial charge in [-0.1, -0.05) is 44.2 Å². The molecule has 3 nitrogen and oxygen atoms in total. The number of para-hydroxylation sites is 1. The molecule has 3 heteroatoms. The van der Waals surface area contributed by atoms with Crippen molar-refractivity contribution in [2.24, 2.45) is 0 Å². The van der Waals surface area contributed by atoms with Crippen LogP contribution in [0.2, 0.25) is 0 Å². The van der Waals surface area contributed by atoms with Crippen LogP contribution in [0, 0.1) is 6.92 Å². The van der Waals surface area contributed by atoms with Crippen molar-refractivity contribution in [3.05, 3.63) is 59.2 Å². The Morgan fingerprint density at radius 1 is 0.957 bits per heavy atom. The van der Waals surface area contributed by atoms with Gasteiger partial charge in [0.1, 0.15) is 24.7 Å². The van der Waals surface area contributed by atoms with Gasteiger partial charge < -0.3 is 14.8 Å². The summed E-state index contributed by atoms with van der Waals surface area (Å²) >= 11 is 0. The van der Waals surface area contributed by atoms with Gasteiger partial charge in [0.25, 0.3) is 0 Å². The highest BCUT2D eigenvalue weighted by atomic mass is 16.5. The molecule has 0 aliphatic rings. The molecule has 0 unspecified atom stereocenters. The summed E-state index contributed by atoms with van der Waals surface area (Å²) in [7, 11) is 1.94.